The molecule has 1 saturated heterocycles. The third-order valence-corrected chi connectivity index (χ3v) is 5.66. The largest absolute Gasteiger partial charge is 0.507 e. The van der Waals surface area contributed by atoms with Gasteiger partial charge in [-0.15, -0.1) is 0 Å². The molecule has 1 aromatic heterocycles. The van der Waals surface area contributed by atoms with E-state index in [1.807, 2.05) is 60.7 Å². The number of morpholine rings is 1. The van der Waals surface area contributed by atoms with Crippen LogP contribution in [0.15, 0.2) is 84.0 Å². The van der Waals surface area contributed by atoms with Crippen molar-refractivity contribution in [3.8, 4) is 5.75 Å². The highest BCUT2D eigenvalue weighted by Gasteiger charge is 2.16. The highest BCUT2D eigenvalue weighted by atomic mass is 16.5. The van der Waals surface area contributed by atoms with Crippen LogP contribution in [0.5, 0.6) is 5.75 Å². The zero-order chi connectivity index (χ0) is 24.6. The molecule has 1 fully saturated rings. The lowest BCUT2D eigenvalue weighted by atomic mass is 10.0. The number of rotatable bonds is 8. The average Bonchev–Trinajstić information content (AvgIpc) is 2.92. The third-order valence-electron chi connectivity index (χ3n) is 5.66. The second-order valence-electron chi connectivity index (χ2n) is 8.30. The first-order valence-corrected chi connectivity index (χ1v) is 11.8. The molecule has 3 aromatic carbocycles. The van der Waals surface area contributed by atoms with Crippen LogP contribution >= 0.6 is 0 Å². The van der Waals surface area contributed by atoms with Gasteiger partial charge >= 0.3 is 0 Å². The summed E-state index contributed by atoms with van der Waals surface area (Å²) in [6.45, 7) is 2.62. The van der Waals surface area contributed by atoms with Crippen LogP contribution in [0.2, 0.25) is 0 Å². The summed E-state index contributed by atoms with van der Waals surface area (Å²) in [5.41, 5.74) is 6.63. The van der Waals surface area contributed by atoms with Gasteiger partial charge in [0.1, 0.15) is 5.75 Å². The molecule has 0 bridgehead atoms. The fourth-order valence-corrected chi connectivity index (χ4v) is 3.83. The molecule has 9 heteroatoms. The van der Waals surface area contributed by atoms with Crippen LogP contribution in [0.25, 0.3) is 0 Å². The number of hydrogen-bond donors (Lipinski definition) is 3. The predicted molar refractivity (Wildman–Crippen MR) is 141 cm³/mol. The van der Waals surface area contributed by atoms with E-state index in [0.29, 0.717) is 49.7 Å². The number of benzene rings is 3. The summed E-state index contributed by atoms with van der Waals surface area (Å²) in [4.78, 5) is 15.7. The second kappa shape index (κ2) is 11.3. The fourth-order valence-electron chi connectivity index (χ4n) is 3.83. The smallest absolute Gasteiger partial charge is 0.250 e. The fraction of sp³-hybridized carbons (Fsp3) is 0.185. The highest BCUT2D eigenvalue weighted by Crippen LogP contribution is 2.20. The topological polar surface area (TPSA) is 108 Å². The lowest BCUT2D eigenvalue weighted by Gasteiger charge is -2.27. The van der Waals surface area contributed by atoms with Crippen molar-refractivity contribution >= 4 is 29.7 Å². The first-order valence-electron chi connectivity index (χ1n) is 11.8. The Morgan fingerprint density at radius 2 is 1.58 bits per heavy atom. The zero-order valence-corrected chi connectivity index (χ0v) is 19.7. The quantitative estimate of drug-likeness (QED) is 0.254. The van der Waals surface area contributed by atoms with Gasteiger partial charge in [0.2, 0.25) is 17.8 Å². The van der Waals surface area contributed by atoms with Gasteiger partial charge in [-0.1, -0.05) is 54.6 Å². The van der Waals surface area contributed by atoms with E-state index in [-0.39, 0.29) is 5.75 Å². The van der Waals surface area contributed by atoms with Crippen molar-refractivity contribution in [2.75, 3.05) is 41.9 Å². The van der Waals surface area contributed by atoms with Crippen molar-refractivity contribution in [2.45, 2.75) is 6.42 Å². The summed E-state index contributed by atoms with van der Waals surface area (Å²) < 4.78 is 5.46. The lowest BCUT2D eigenvalue weighted by Crippen LogP contribution is -2.37. The monoisotopic (exact) mass is 481 g/mol. The van der Waals surface area contributed by atoms with Crippen molar-refractivity contribution in [3.63, 3.8) is 0 Å². The third kappa shape index (κ3) is 6.13. The average molecular weight is 482 g/mol. The number of hydrazone groups is 1. The van der Waals surface area contributed by atoms with E-state index in [2.05, 4.69) is 47.8 Å². The standard InChI is InChI=1S/C27H27N7O2/c35-24-12-11-21(17-20-7-3-1-4-8-20)18-22(24)19-28-33-26-30-25(29-23-9-5-2-6-10-23)31-27(32-26)34-13-15-36-16-14-34/h1-12,18-19,35H,13-17H2,(H2,29,30,31,32,33)/b28-19+. The Bertz CT molecular complexity index is 1310. The van der Waals surface area contributed by atoms with Gasteiger partial charge in [0.05, 0.1) is 19.4 Å². The van der Waals surface area contributed by atoms with Gasteiger partial charge in [-0.25, -0.2) is 5.43 Å². The molecule has 0 spiro atoms. The van der Waals surface area contributed by atoms with E-state index in [9.17, 15) is 5.11 Å². The van der Waals surface area contributed by atoms with E-state index >= 15 is 0 Å². The molecule has 5 rings (SSSR count). The number of aromatic hydroxyl groups is 1. The molecule has 0 radical (unpaired) electrons. The number of nitrogens with one attached hydrogen (secondary N) is 2. The summed E-state index contributed by atoms with van der Waals surface area (Å²) >= 11 is 0. The van der Waals surface area contributed by atoms with Gasteiger partial charge in [0.15, 0.2) is 0 Å². The predicted octanol–water partition coefficient (Wildman–Crippen LogP) is 4.19. The molecule has 4 aromatic rings. The lowest BCUT2D eigenvalue weighted by molar-refractivity contribution is 0.122. The van der Waals surface area contributed by atoms with Crippen molar-refractivity contribution in [1.82, 2.24) is 15.0 Å². The van der Waals surface area contributed by atoms with Crippen LogP contribution < -0.4 is 15.6 Å². The van der Waals surface area contributed by atoms with Crippen LogP contribution in [0.4, 0.5) is 23.5 Å². The first kappa shape index (κ1) is 23.3. The molecule has 0 amide bonds. The second-order valence-corrected chi connectivity index (χ2v) is 8.30. The molecular formula is C27H27N7O2. The number of ether oxygens (including phenoxy) is 1. The van der Waals surface area contributed by atoms with Gasteiger partial charge in [0, 0.05) is 24.3 Å². The van der Waals surface area contributed by atoms with Crippen LogP contribution in [-0.4, -0.2) is 52.6 Å². The van der Waals surface area contributed by atoms with Crippen molar-refractivity contribution in [3.05, 3.63) is 95.6 Å². The van der Waals surface area contributed by atoms with Gasteiger partial charge in [-0.2, -0.15) is 20.1 Å². The highest BCUT2D eigenvalue weighted by molar-refractivity contribution is 5.84. The zero-order valence-electron chi connectivity index (χ0n) is 19.7. The van der Waals surface area contributed by atoms with E-state index < -0.39 is 0 Å². The Labute approximate surface area is 209 Å². The van der Waals surface area contributed by atoms with Crippen LogP contribution in [0, 0.1) is 0 Å². The van der Waals surface area contributed by atoms with Crippen LogP contribution in [-0.2, 0) is 11.2 Å². The number of phenols is 1. The summed E-state index contributed by atoms with van der Waals surface area (Å²) in [5, 5.41) is 17.8. The Balaban J connectivity index is 1.35. The number of aromatic nitrogens is 3. The molecule has 1 aliphatic rings. The SMILES string of the molecule is Oc1ccc(Cc2ccccc2)cc1/C=N/Nc1nc(Nc2ccccc2)nc(N2CCOCC2)n1. The van der Waals surface area contributed by atoms with Crippen LogP contribution in [0.3, 0.4) is 0 Å². The molecule has 2 heterocycles. The molecular weight excluding hydrogens is 454 g/mol. The molecule has 0 aliphatic carbocycles. The summed E-state index contributed by atoms with van der Waals surface area (Å²) in [6.07, 6.45) is 2.33. The Hall–Kier alpha value is -4.50. The van der Waals surface area contributed by atoms with Gasteiger partial charge in [-0.05, 0) is 41.8 Å². The van der Waals surface area contributed by atoms with Crippen LogP contribution in [0.1, 0.15) is 16.7 Å². The van der Waals surface area contributed by atoms with Gasteiger partial charge < -0.3 is 20.1 Å². The number of anilines is 4. The Morgan fingerprint density at radius 3 is 2.36 bits per heavy atom. The minimum atomic E-state index is 0.147. The van der Waals surface area contributed by atoms with Gasteiger partial charge in [0.25, 0.3) is 0 Å². The van der Waals surface area contributed by atoms with E-state index in [0.717, 1.165) is 17.7 Å². The van der Waals surface area contributed by atoms with E-state index in [1.54, 1.807) is 12.3 Å². The van der Waals surface area contributed by atoms with Crippen molar-refractivity contribution < 1.29 is 9.84 Å². The molecule has 0 unspecified atom stereocenters. The maximum absolute atomic E-state index is 10.3. The number of hydrogen-bond acceptors (Lipinski definition) is 9. The van der Waals surface area contributed by atoms with E-state index in [1.165, 1.54) is 5.56 Å². The summed E-state index contributed by atoms with van der Waals surface area (Å²) in [6, 6.07) is 25.4. The van der Waals surface area contributed by atoms with Gasteiger partial charge in [-0.3, -0.25) is 0 Å². The first-order chi connectivity index (χ1) is 17.7. The molecule has 0 atom stereocenters. The molecule has 36 heavy (non-hydrogen) atoms. The molecule has 0 saturated carbocycles. The molecule has 182 valence electrons. The Kier molecular flexibility index (Phi) is 7.29. The number of phenolic OH excluding ortho intramolecular Hbond substituents is 1. The molecule has 3 N–H and O–H groups in total. The summed E-state index contributed by atoms with van der Waals surface area (Å²) in [7, 11) is 0. The molecule has 1 aliphatic heterocycles. The number of para-hydroxylation sites is 1. The summed E-state index contributed by atoms with van der Waals surface area (Å²) in [5.74, 6) is 1.38. The maximum atomic E-state index is 10.3. The van der Waals surface area contributed by atoms with E-state index in [4.69, 9.17) is 4.74 Å². The maximum Gasteiger partial charge on any atom is 0.250 e. The minimum absolute atomic E-state index is 0.147. The molecule has 9 nitrogen and oxygen atoms in total. The van der Waals surface area contributed by atoms with Crippen molar-refractivity contribution in [1.29, 1.82) is 0 Å². The Morgan fingerprint density at radius 1 is 0.861 bits per heavy atom. The number of nitrogens with zero attached hydrogens (tertiary/aromatic N) is 5. The normalized spacial score (nSPS) is 13.6. The van der Waals surface area contributed by atoms with Crippen molar-refractivity contribution in [2.24, 2.45) is 5.10 Å². The minimum Gasteiger partial charge on any atom is -0.507 e.